The minimum absolute atomic E-state index is 0.866. The van der Waals surface area contributed by atoms with Crippen molar-refractivity contribution in [2.24, 2.45) is 0 Å². The Bertz CT molecular complexity index is 1390. The van der Waals surface area contributed by atoms with Crippen LogP contribution in [0, 0.1) is 0 Å². The van der Waals surface area contributed by atoms with Crippen molar-refractivity contribution in [1.82, 2.24) is 15.0 Å². The van der Waals surface area contributed by atoms with Gasteiger partial charge < -0.3 is 0 Å². The topological polar surface area (TPSA) is 38.7 Å². The lowest BCUT2D eigenvalue weighted by Crippen LogP contribution is -1.95. The summed E-state index contributed by atoms with van der Waals surface area (Å²) in [5.74, 6) is 0. The number of benzene rings is 3. The van der Waals surface area contributed by atoms with Gasteiger partial charge in [0, 0.05) is 17.0 Å². The van der Waals surface area contributed by atoms with E-state index in [1.54, 1.807) is 0 Å². The van der Waals surface area contributed by atoms with E-state index >= 15 is 0 Å². The van der Waals surface area contributed by atoms with Crippen molar-refractivity contribution in [1.29, 1.82) is 0 Å². The number of rotatable bonds is 14. The highest BCUT2D eigenvalue weighted by atomic mass is 14.8. The molecule has 0 atom stereocenters. The predicted molar refractivity (Wildman–Crippen MR) is 164 cm³/mol. The molecule has 5 aromatic rings. The minimum Gasteiger partial charge on any atom is -0.262 e. The van der Waals surface area contributed by atoms with Crippen LogP contribution < -0.4 is 0 Å². The Morgan fingerprint density at radius 2 is 1.00 bits per heavy atom. The van der Waals surface area contributed by atoms with Crippen molar-refractivity contribution in [3.8, 4) is 0 Å². The van der Waals surface area contributed by atoms with E-state index in [9.17, 15) is 0 Å². The third kappa shape index (κ3) is 6.14. The Morgan fingerprint density at radius 1 is 0.500 bits per heavy atom. The van der Waals surface area contributed by atoms with E-state index in [1.165, 1.54) is 110 Å². The smallest absolute Gasteiger partial charge is 0.108 e. The Hall–Kier alpha value is -3.07. The summed E-state index contributed by atoms with van der Waals surface area (Å²) in [6, 6.07) is 16.1. The molecule has 0 saturated carbocycles. The van der Waals surface area contributed by atoms with Gasteiger partial charge in [-0.1, -0.05) is 102 Å². The molecule has 0 saturated heterocycles. The van der Waals surface area contributed by atoms with Crippen LogP contribution in [-0.2, 0) is 12.8 Å². The third-order valence-corrected chi connectivity index (χ3v) is 8.07. The van der Waals surface area contributed by atoms with Gasteiger partial charge in [-0.3, -0.25) is 4.98 Å². The van der Waals surface area contributed by atoms with Gasteiger partial charge in [0.2, 0.25) is 0 Å². The molecule has 5 rings (SSSR count). The average Bonchev–Trinajstić information content (AvgIpc) is 2.96. The first-order chi connectivity index (χ1) is 18.8. The van der Waals surface area contributed by atoms with Gasteiger partial charge in [-0.05, 0) is 65.8 Å². The van der Waals surface area contributed by atoms with Crippen LogP contribution in [0.1, 0.15) is 102 Å². The molecule has 3 heteroatoms. The summed E-state index contributed by atoms with van der Waals surface area (Å²) in [5, 5.41) is 5.01. The Kier molecular flexibility index (Phi) is 9.17. The molecule has 0 aliphatic rings. The molecule has 3 nitrogen and oxygen atoms in total. The molecule has 0 radical (unpaired) electrons. The number of hydrogen-bond donors (Lipinski definition) is 0. The van der Waals surface area contributed by atoms with Gasteiger partial charge in [-0.2, -0.15) is 0 Å². The van der Waals surface area contributed by atoms with Crippen molar-refractivity contribution in [2.75, 3.05) is 0 Å². The quantitative estimate of drug-likeness (QED) is 0.0856. The van der Waals surface area contributed by atoms with Crippen LogP contribution in [-0.4, -0.2) is 15.0 Å². The summed E-state index contributed by atoms with van der Waals surface area (Å²) < 4.78 is 0. The number of nitrogens with zero attached hydrogens (tertiary/aromatic N) is 3. The van der Waals surface area contributed by atoms with Gasteiger partial charge in [0.1, 0.15) is 5.52 Å². The van der Waals surface area contributed by atoms with Crippen LogP contribution in [0.5, 0.6) is 0 Å². The van der Waals surface area contributed by atoms with Crippen molar-refractivity contribution in [3.05, 3.63) is 66.0 Å². The fourth-order valence-electron chi connectivity index (χ4n) is 5.86. The van der Waals surface area contributed by atoms with E-state index in [0.29, 0.717) is 0 Å². The fraction of sp³-hybridized carbons (Fsp3) is 0.457. The molecule has 3 aromatic carbocycles. The molecule has 0 unspecified atom stereocenters. The second-order valence-corrected chi connectivity index (χ2v) is 11.1. The largest absolute Gasteiger partial charge is 0.262 e. The zero-order valence-electron chi connectivity index (χ0n) is 23.4. The normalized spacial score (nSPS) is 11.8. The van der Waals surface area contributed by atoms with E-state index in [-0.39, 0.29) is 0 Å². The van der Waals surface area contributed by atoms with E-state index in [0.717, 1.165) is 34.9 Å². The summed E-state index contributed by atoms with van der Waals surface area (Å²) in [7, 11) is 0. The highest BCUT2D eigenvalue weighted by Crippen LogP contribution is 2.35. The number of fused-ring (bicyclic) bond motifs is 7. The van der Waals surface area contributed by atoms with Gasteiger partial charge in [-0.25, -0.2) is 9.97 Å². The summed E-state index contributed by atoms with van der Waals surface area (Å²) in [6.07, 6.45) is 21.8. The summed E-state index contributed by atoms with van der Waals surface area (Å²) >= 11 is 0. The Morgan fingerprint density at radius 3 is 1.55 bits per heavy atom. The summed E-state index contributed by atoms with van der Waals surface area (Å²) in [4.78, 5) is 14.6. The number of hydrogen-bond acceptors (Lipinski definition) is 3. The van der Waals surface area contributed by atoms with Crippen LogP contribution >= 0.6 is 0 Å². The van der Waals surface area contributed by atoms with Crippen LogP contribution in [0.15, 0.2) is 54.9 Å². The first-order valence-electron chi connectivity index (χ1n) is 15.2. The number of aromatic nitrogens is 3. The molecular weight excluding hydrogens is 462 g/mol. The second kappa shape index (κ2) is 13.1. The zero-order valence-corrected chi connectivity index (χ0v) is 23.4. The highest BCUT2D eigenvalue weighted by molar-refractivity contribution is 6.24. The Labute approximate surface area is 228 Å². The van der Waals surface area contributed by atoms with Gasteiger partial charge in [0.15, 0.2) is 0 Å². The minimum atomic E-state index is 0.866. The lowest BCUT2D eigenvalue weighted by molar-refractivity contribution is 0.607. The van der Waals surface area contributed by atoms with Gasteiger partial charge in [0.25, 0.3) is 0 Å². The molecule has 2 heterocycles. The van der Waals surface area contributed by atoms with Crippen LogP contribution in [0.25, 0.3) is 43.6 Å². The zero-order chi connectivity index (χ0) is 26.2. The molecule has 0 bridgehead atoms. The predicted octanol–water partition coefficient (Wildman–Crippen LogP) is 10.3. The van der Waals surface area contributed by atoms with Crippen molar-refractivity contribution in [2.45, 2.75) is 104 Å². The molecular formula is C35H43N3. The Balaban J connectivity index is 1.50. The maximum absolute atomic E-state index is 5.16. The van der Waals surface area contributed by atoms with E-state index in [2.05, 4.69) is 55.2 Å². The first kappa shape index (κ1) is 26.5. The highest BCUT2D eigenvalue weighted by Gasteiger charge is 2.14. The van der Waals surface area contributed by atoms with Gasteiger partial charge in [-0.15, -0.1) is 0 Å². The summed E-state index contributed by atoms with van der Waals surface area (Å²) in [6.45, 7) is 4.56. The van der Waals surface area contributed by atoms with Crippen molar-refractivity contribution >= 4 is 43.6 Å². The first-order valence-corrected chi connectivity index (χ1v) is 15.2. The lowest BCUT2D eigenvalue weighted by atomic mass is 9.94. The van der Waals surface area contributed by atoms with Crippen LogP contribution in [0.4, 0.5) is 0 Å². The maximum atomic E-state index is 5.16. The molecule has 0 aliphatic heterocycles. The monoisotopic (exact) mass is 505 g/mol. The van der Waals surface area contributed by atoms with Crippen LogP contribution in [0.2, 0.25) is 0 Å². The molecule has 0 fully saturated rings. The standard InChI is InChI=1S/C35H43N3/c1-3-5-7-9-11-13-15-26-17-19-28-29-20-18-27(16-14-12-10-8-6-4-2)24-31(29)35-34(30(28)23-26)37-32-21-22-36-25-33(32)38-35/h17-25H,3-16H2,1-2H3. The molecule has 0 amide bonds. The van der Waals surface area contributed by atoms with E-state index < -0.39 is 0 Å². The number of unbranched alkanes of at least 4 members (excludes halogenated alkanes) is 10. The lowest BCUT2D eigenvalue weighted by Gasteiger charge is -2.13. The molecule has 0 aliphatic carbocycles. The van der Waals surface area contributed by atoms with Crippen molar-refractivity contribution in [3.63, 3.8) is 0 Å². The van der Waals surface area contributed by atoms with Gasteiger partial charge in [0.05, 0.1) is 22.7 Å². The van der Waals surface area contributed by atoms with Gasteiger partial charge >= 0.3 is 0 Å². The fourth-order valence-corrected chi connectivity index (χ4v) is 5.86. The number of pyridine rings is 1. The van der Waals surface area contributed by atoms with E-state index in [4.69, 9.17) is 9.97 Å². The number of aryl methyl sites for hydroxylation is 2. The molecule has 38 heavy (non-hydrogen) atoms. The second-order valence-electron chi connectivity index (χ2n) is 11.1. The molecule has 0 N–H and O–H groups in total. The van der Waals surface area contributed by atoms with Crippen molar-refractivity contribution < 1.29 is 0 Å². The molecule has 198 valence electrons. The maximum Gasteiger partial charge on any atom is 0.108 e. The third-order valence-electron chi connectivity index (χ3n) is 8.07. The average molecular weight is 506 g/mol. The van der Waals surface area contributed by atoms with Crippen LogP contribution in [0.3, 0.4) is 0 Å². The molecule has 2 aromatic heterocycles. The molecule has 0 spiro atoms. The van der Waals surface area contributed by atoms with E-state index in [1.807, 2.05) is 18.5 Å². The SMILES string of the molecule is CCCCCCCCc1ccc2c3ccc(CCCCCCCC)cc3c3nc4cnccc4nc3c2c1. The summed E-state index contributed by atoms with van der Waals surface area (Å²) in [5.41, 5.74) is 6.62.